The number of aryl methyl sites for hydroxylation is 1. The van der Waals surface area contributed by atoms with Crippen LogP contribution in [-0.4, -0.2) is 29.6 Å². The summed E-state index contributed by atoms with van der Waals surface area (Å²) >= 11 is 6.63. The number of amides is 1. The van der Waals surface area contributed by atoms with Crippen LogP contribution in [0.2, 0.25) is 5.02 Å². The number of halogens is 1. The summed E-state index contributed by atoms with van der Waals surface area (Å²) in [6, 6.07) is 21.0. The predicted octanol–water partition coefficient (Wildman–Crippen LogP) is 5.57. The Kier molecular flexibility index (Phi) is 7.05. The van der Waals surface area contributed by atoms with Gasteiger partial charge in [0.15, 0.2) is 0 Å². The van der Waals surface area contributed by atoms with Crippen molar-refractivity contribution in [3.8, 4) is 11.1 Å². The minimum absolute atomic E-state index is 0.0774. The third-order valence-electron chi connectivity index (χ3n) is 5.70. The number of unbranched alkanes of at least 4 members (excludes halogenated alkanes) is 1. The molecule has 0 aliphatic heterocycles. The SMILES string of the molecule is CCCCS(=O)(=O)NC(=O)c1ccc2nc(C)n(Cc3ccc(-c4ccccc4)cc3Cl)c2c1. The highest BCUT2D eigenvalue weighted by atomic mass is 35.5. The Bertz CT molecular complexity index is 1450. The average Bonchev–Trinajstić information content (AvgIpc) is 3.13. The van der Waals surface area contributed by atoms with Crippen LogP contribution in [0.25, 0.3) is 22.2 Å². The van der Waals surface area contributed by atoms with E-state index in [4.69, 9.17) is 11.6 Å². The molecule has 4 aromatic rings. The number of carbonyl (C=O) groups is 1. The summed E-state index contributed by atoms with van der Waals surface area (Å²) in [6.07, 6.45) is 1.23. The van der Waals surface area contributed by atoms with Crippen LogP contribution in [0, 0.1) is 6.92 Å². The monoisotopic (exact) mass is 495 g/mol. The van der Waals surface area contributed by atoms with Crippen molar-refractivity contribution in [1.29, 1.82) is 0 Å². The molecule has 3 aromatic carbocycles. The molecule has 176 valence electrons. The van der Waals surface area contributed by atoms with Crippen molar-refractivity contribution in [1.82, 2.24) is 14.3 Å². The van der Waals surface area contributed by atoms with Crippen LogP contribution >= 0.6 is 11.6 Å². The second-order valence-corrected chi connectivity index (χ2v) is 10.5. The van der Waals surface area contributed by atoms with Gasteiger partial charge < -0.3 is 4.57 Å². The Morgan fingerprint density at radius 3 is 2.50 bits per heavy atom. The van der Waals surface area contributed by atoms with E-state index >= 15 is 0 Å². The number of fused-ring (bicyclic) bond motifs is 1. The molecular weight excluding hydrogens is 470 g/mol. The first-order chi connectivity index (χ1) is 16.3. The maximum Gasteiger partial charge on any atom is 0.264 e. The zero-order valence-electron chi connectivity index (χ0n) is 19.1. The first-order valence-electron chi connectivity index (χ1n) is 11.1. The third kappa shape index (κ3) is 5.32. The van der Waals surface area contributed by atoms with Crippen LogP contribution in [0.3, 0.4) is 0 Å². The zero-order chi connectivity index (χ0) is 24.3. The lowest BCUT2D eigenvalue weighted by atomic mass is 10.0. The van der Waals surface area contributed by atoms with E-state index in [9.17, 15) is 13.2 Å². The lowest BCUT2D eigenvalue weighted by molar-refractivity contribution is 0.0981. The first-order valence-corrected chi connectivity index (χ1v) is 13.2. The van der Waals surface area contributed by atoms with Crippen molar-refractivity contribution < 1.29 is 13.2 Å². The fourth-order valence-electron chi connectivity index (χ4n) is 3.83. The molecule has 0 aliphatic carbocycles. The smallest absolute Gasteiger partial charge is 0.264 e. The molecule has 0 bridgehead atoms. The zero-order valence-corrected chi connectivity index (χ0v) is 20.7. The van der Waals surface area contributed by atoms with E-state index in [1.54, 1.807) is 18.2 Å². The number of imidazole rings is 1. The van der Waals surface area contributed by atoms with Gasteiger partial charge in [0, 0.05) is 10.6 Å². The fourth-order valence-corrected chi connectivity index (χ4v) is 5.24. The summed E-state index contributed by atoms with van der Waals surface area (Å²) in [7, 11) is -3.67. The molecule has 6 nitrogen and oxygen atoms in total. The Hall–Kier alpha value is -3.16. The van der Waals surface area contributed by atoms with Crippen molar-refractivity contribution in [2.24, 2.45) is 0 Å². The standard InChI is InChI=1S/C26H26ClN3O3S/c1-3-4-14-34(32,33)29-26(31)21-12-13-24-25(16-21)30(18(2)28-24)17-22-11-10-20(15-23(22)27)19-8-6-5-7-9-19/h5-13,15-16H,3-4,14,17H2,1-2H3,(H,29,31). The number of nitrogens with zero attached hydrogens (tertiary/aromatic N) is 2. The quantitative estimate of drug-likeness (QED) is 0.346. The number of nitrogens with one attached hydrogen (secondary N) is 1. The van der Waals surface area contributed by atoms with Crippen LogP contribution in [0.1, 0.15) is 41.5 Å². The van der Waals surface area contributed by atoms with E-state index < -0.39 is 15.9 Å². The van der Waals surface area contributed by atoms with Crippen LogP contribution in [0.4, 0.5) is 0 Å². The van der Waals surface area contributed by atoms with Gasteiger partial charge in [0.05, 0.1) is 23.3 Å². The maximum absolute atomic E-state index is 12.6. The minimum atomic E-state index is -3.67. The van der Waals surface area contributed by atoms with E-state index in [-0.39, 0.29) is 11.3 Å². The summed E-state index contributed by atoms with van der Waals surface area (Å²) in [5, 5.41) is 0.638. The second-order valence-electron chi connectivity index (χ2n) is 8.22. The Morgan fingerprint density at radius 1 is 1.03 bits per heavy atom. The van der Waals surface area contributed by atoms with E-state index in [0.717, 1.165) is 40.0 Å². The lowest BCUT2D eigenvalue weighted by Gasteiger charge is -2.11. The molecule has 0 radical (unpaired) electrons. The lowest BCUT2D eigenvalue weighted by Crippen LogP contribution is -2.32. The van der Waals surface area contributed by atoms with Gasteiger partial charge in [-0.15, -0.1) is 0 Å². The highest BCUT2D eigenvalue weighted by molar-refractivity contribution is 7.90. The topological polar surface area (TPSA) is 81.1 Å². The summed E-state index contributed by atoms with van der Waals surface area (Å²) in [5.74, 6) is 0.0476. The molecule has 4 rings (SSSR count). The van der Waals surface area contributed by atoms with Gasteiger partial charge in [-0.1, -0.05) is 67.4 Å². The molecule has 0 fully saturated rings. The summed E-state index contributed by atoms with van der Waals surface area (Å²) < 4.78 is 28.4. The molecule has 0 saturated heterocycles. The second kappa shape index (κ2) is 9.99. The maximum atomic E-state index is 12.6. The Balaban J connectivity index is 1.62. The van der Waals surface area contributed by atoms with Gasteiger partial charge in [-0.3, -0.25) is 4.79 Å². The van der Waals surface area contributed by atoms with E-state index in [0.29, 0.717) is 18.0 Å². The van der Waals surface area contributed by atoms with Crippen LogP contribution < -0.4 is 4.72 Å². The molecule has 0 atom stereocenters. The number of sulfonamides is 1. The van der Waals surface area contributed by atoms with Crippen molar-refractivity contribution in [2.45, 2.75) is 33.2 Å². The predicted molar refractivity (Wildman–Crippen MR) is 137 cm³/mol. The number of hydrogen-bond acceptors (Lipinski definition) is 4. The molecule has 0 spiro atoms. The van der Waals surface area contributed by atoms with E-state index in [1.165, 1.54) is 0 Å². The molecule has 1 aromatic heterocycles. The number of rotatable bonds is 8. The summed E-state index contributed by atoms with van der Waals surface area (Å²) in [5.41, 5.74) is 4.76. The van der Waals surface area contributed by atoms with Gasteiger partial charge in [0.25, 0.3) is 5.91 Å². The van der Waals surface area contributed by atoms with Crippen LogP contribution in [-0.2, 0) is 16.6 Å². The molecule has 1 N–H and O–H groups in total. The fraction of sp³-hybridized carbons (Fsp3) is 0.231. The van der Waals surface area contributed by atoms with Crippen molar-refractivity contribution in [3.63, 3.8) is 0 Å². The molecule has 1 amide bonds. The van der Waals surface area contributed by atoms with Gasteiger partial charge in [0.1, 0.15) is 5.82 Å². The molecule has 8 heteroatoms. The van der Waals surface area contributed by atoms with Crippen molar-refractivity contribution in [3.05, 3.63) is 88.7 Å². The molecule has 34 heavy (non-hydrogen) atoms. The Labute approximate surface area is 204 Å². The van der Waals surface area contributed by atoms with Gasteiger partial charge in [-0.25, -0.2) is 18.1 Å². The summed E-state index contributed by atoms with van der Waals surface area (Å²) in [6.45, 7) is 4.26. The number of hydrogen-bond donors (Lipinski definition) is 1. The Morgan fingerprint density at radius 2 is 1.79 bits per heavy atom. The molecular formula is C26H26ClN3O3S. The molecule has 1 heterocycles. The normalized spacial score (nSPS) is 11.6. The van der Waals surface area contributed by atoms with Crippen molar-refractivity contribution >= 4 is 38.6 Å². The van der Waals surface area contributed by atoms with E-state index in [2.05, 4.69) is 9.71 Å². The number of carbonyl (C=O) groups excluding carboxylic acids is 1. The van der Waals surface area contributed by atoms with Gasteiger partial charge in [-0.2, -0.15) is 0 Å². The third-order valence-corrected chi connectivity index (χ3v) is 7.38. The van der Waals surface area contributed by atoms with Crippen LogP contribution in [0.15, 0.2) is 66.7 Å². The summed E-state index contributed by atoms with van der Waals surface area (Å²) in [4.78, 5) is 17.2. The average molecular weight is 496 g/mol. The van der Waals surface area contributed by atoms with Gasteiger partial charge in [-0.05, 0) is 54.3 Å². The molecule has 0 unspecified atom stereocenters. The van der Waals surface area contributed by atoms with E-state index in [1.807, 2.05) is 66.9 Å². The molecule has 0 aliphatic rings. The largest absolute Gasteiger partial charge is 0.324 e. The van der Waals surface area contributed by atoms with Gasteiger partial charge >= 0.3 is 0 Å². The molecule has 0 saturated carbocycles. The van der Waals surface area contributed by atoms with Crippen LogP contribution in [0.5, 0.6) is 0 Å². The number of benzene rings is 3. The minimum Gasteiger partial charge on any atom is -0.324 e. The highest BCUT2D eigenvalue weighted by Crippen LogP contribution is 2.28. The van der Waals surface area contributed by atoms with Crippen molar-refractivity contribution in [2.75, 3.05) is 5.75 Å². The number of aromatic nitrogens is 2. The van der Waals surface area contributed by atoms with Gasteiger partial charge in [0.2, 0.25) is 10.0 Å². The first kappa shape index (κ1) is 24.0. The highest BCUT2D eigenvalue weighted by Gasteiger charge is 2.18.